The first-order valence-corrected chi connectivity index (χ1v) is 7.07. The van der Waals surface area contributed by atoms with Gasteiger partial charge in [0, 0.05) is 24.1 Å². The number of furan rings is 1. The van der Waals surface area contributed by atoms with E-state index in [1.807, 2.05) is 24.3 Å². The zero-order chi connectivity index (χ0) is 14.4. The summed E-state index contributed by atoms with van der Waals surface area (Å²) in [4.78, 5) is 0. The van der Waals surface area contributed by atoms with Crippen molar-refractivity contribution in [1.82, 2.24) is 0 Å². The minimum atomic E-state index is 0.437. The SMILES string of the molecule is CC(C)COCCOCc1oc2ccccc2c1CN. The molecular weight excluding hydrogens is 254 g/mol. The molecular formula is C16H23NO3. The predicted molar refractivity (Wildman–Crippen MR) is 79.4 cm³/mol. The van der Waals surface area contributed by atoms with Gasteiger partial charge in [-0.15, -0.1) is 0 Å². The van der Waals surface area contributed by atoms with E-state index in [2.05, 4.69) is 13.8 Å². The van der Waals surface area contributed by atoms with Gasteiger partial charge in [-0.1, -0.05) is 32.0 Å². The number of rotatable bonds is 8. The van der Waals surface area contributed by atoms with Crippen molar-refractivity contribution < 1.29 is 13.9 Å². The summed E-state index contributed by atoms with van der Waals surface area (Å²) < 4.78 is 16.9. The average Bonchev–Trinajstić information content (AvgIpc) is 2.79. The second-order valence-electron chi connectivity index (χ2n) is 5.23. The van der Waals surface area contributed by atoms with E-state index in [0.29, 0.717) is 32.3 Å². The van der Waals surface area contributed by atoms with Gasteiger partial charge in [0.05, 0.1) is 13.2 Å². The smallest absolute Gasteiger partial charge is 0.135 e. The number of fused-ring (bicyclic) bond motifs is 1. The molecule has 0 aliphatic heterocycles. The van der Waals surface area contributed by atoms with Crippen LogP contribution in [0.3, 0.4) is 0 Å². The van der Waals surface area contributed by atoms with Gasteiger partial charge in [0.15, 0.2) is 0 Å². The molecule has 110 valence electrons. The van der Waals surface area contributed by atoms with Crippen molar-refractivity contribution in [2.75, 3.05) is 19.8 Å². The van der Waals surface area contributed by atoms with E-state index in [4.69, 9.17) is 19.6 Å². The van der Waals surface area contributed by atoms with Crippen LogP contribution in [-0.4, -0.2) is 19.8 Å². The first-order chi connectivity index (χ1) is 9.72. The maximum Gasteiger partial charge on any atom is 0.135 e. The molecule has 2 aromatic rings. The summed E-state index contributed by atoms with van der Waals surface area (Å²) in [5.74, 6) is 1.37. The molecule has 4 nitrogen and oxygen atoms in total. The lowest BCUT2D eigenvalue weighted by atomic mass is 10.1. The first-order valence-electron chi connectivity index (χ1n) is 7.07. The van der Waals surface area contributed by atoms with Crippen molar-refractivity contribution in [3.05, 3.63) is 35.6 Å². The molecule has 0 fully saturated rings. The van der Waals surface area contributed by atoms with Crippen molar-refractivity contribution in [3.8, 4) is 0 Å². The molecule has 1 aromatic carbocycles. The van der Waals surface area contributed by atoms with Gasteiger partial charge in [0.25, 0.3) is 0 Å². The van der Waals surface area contributed by atoms with E-state index in [0.717, 1.165) is 28.9 Å². The lowest BCUT2D eigenvalue weighted by Gasteiger charge is -2.07. The Bertz CT molecular complexity index is 534. The van der Waals surface area contributed by atoms with Crippen molar-refractivity contribution in [1.29, 1.82) is 0 Å². The highest BCUT2D eigenvalue weighted by Crippen LogP contribution is 2.25. The minimum absolute atomic E-state index is 0.437. The van der Waals surface area contributed by atoms with Crippen molar-refractivity contribution in [2.24, 2.45) is 11.7 Å². The molecule has 0 saturated carbocycles. The Balaban J connectivity index is 1.86. The van der Waals surface area contributed by atoms with Crippen LogP contribution in [0.15, 0.2) is 28.7 Å². The molecule has 1 heterocycles. The molecule has 0 amide bonds. The number of nitrogens with two attached hydrogens (primary N) is 1. The number of hydrogen-bond donors (Lipinski definition) is 1. The summed E-state index contributed by atoms with van der Waals surface area (Å²) in [7, 11) is 0. The molecule has 0 radical (unpaired) electrons. The highest BCUT2D eigenvalue weighted by atomic mass is 16.5. The Morgan fingerprint density at radius 3 is 2.65 bits per heavy atom. The quantitative estimate of drug-likeness (QED) is 0.753. The summed E-state index contributed by atoms with van der Waals surface area (Å²) in [5, 5.41) is 1.07. The van der Waals surface area contributed by atoms with E-state index < -0.39 is 0 Å². The number of ether oxygens (including phenoxy) is 2. The van der Waals surface area contributed by atoms with Crippen LogP contribution in [0.5, 0.6) is 0 Å². The second-order valence-corrected chi connectivity index (χ2v) is 5.23. The second kappa shape index (κ2) is 7.43. The molecule has 0 bridgehead atoms. The van der Waals surface area contributed by atoms with Gasteiger partial charge in [0.2, 0.25) is 0 Å². The molecule has 20 heavy (non-hydrogen) atoms. The lowest BCUT2D eigenvalue weighted by Crippen LogP contribution is -2.09. The monoisotopic (exact) mass is 277 g/mol. The average molecular weight is 277 g/mol. The molecule has 0 spiro atoms. The van der Waals surface area contributed by atoms with Crippen LogP contribution in [0.4, 0.5) is 0 Å². The van der Waals surface area contributed by atoms with Crippen LogP contribution in [0, 0.1) is 5.92 Å². The van der Waals surface area contributed by atoms with Crippen LogP contribution in [-0.2, 0) is 22.6 Å². The number of hydrogen-bond acceptors (Lipinski definition) is 4. The standard InChI is InChI=1S/C16H23NO3/c1-12(2)10-18-7-8-19-11-16-14(9-17)13-5-3-4-6-15(13)20-16/h3-6,12H,7-11,17H2,1-2H3. The maximum atomic E-state index is 5.81. The van der Waals surface area contributed by atoms with Gasteiger partial charge in [0.1, 0.15) is 18.0 Å². The predicted octanol–water partition coefficient (Wildman–Crippen LogP) is 3.08. The third-order valence-corrected chi connectivity index (χ3v) is 3.04. The van der Waals surface area contributed by atoms with E-state index in [1.54, 1.807) is 0 Å². The zero-order valence-electron chi connectivity index (χ0n) is 12.2. The van der Waals surface area contributed by atoms with Crippen molar-refractivity contribution >= 4 is 11.0 Å². The fraction of sp³-hybridized carbons (Fsp3) is 0.500. The van der Waals surface area contributed by atoms with Gasteiger partial charge in [-0.05, 0) is 12.0 Å². The Hall–Kier alpha value is -1.36. The third kappa shape index (κ3) is 3.82. The molecule has 4 heteroatoms. The molecule has 0 unspecified atom stereocenters. The van der Waals surface area contributed by atoms with Gasteiger partial charge < -0.3 is 19.6 Å². The Kier molecular flexibility index (Phi) is 5.59. The topological polar surface area (TPSA) is 57.6 Å². The molecule has 0 atom stereocenters. The molecule has 0 aliphatic carbocycles. The summed E-state index contributed by atoms with van der Waals surface area (Å²) in [5.41, 5.74) is 7.70. The van der Waals surface area contributed by atoms with Crippen molar-refractivity contribution in [2.45, 2.75) is 27.0 Å². The fourth-order valence-electron chi connectivity index (χ4n) is 2.09. The maximum absolute atomic E-state index is 5.81. The molecule has 0 aliphatic rings. The fourth-order valence-corrected chi connectivity index (χ4v) is 2.09. The third-order valence-electron chi connectivity index (χ3n) is 3.04. The molecule has 2 rings (SSSR count). The van der Waals surface area contributed by atoms with Crippen LogP contribution >= 0.6 is 0 Å². The summed E-state index contributed by atoms with van der Waals surface area (Å²) >= 11 is 0. The van der Waals surface area contributed by atoms with E-state index >= 15 is 0 Å². The summed E-state index contributed by atoms with van der Waals surface area (Å²) in [6, 6.07) is 7.91. The Morgan fingerprint density at radius 2 is 1.90 bits per heavy atom. The van der Waals surface area contributed by atoms with Gasteiger partial charge in [-0.2, -0.15) is 0 Å². The lowest BCUT2D eigenvalue weighted by molar-refractivity contribution is 0.0265. The van der Waals surface area contributed by atoms with E-state index in [-0.39, 0.29) is 0 Å². The van der Waals surface area contributed by atoms with Crippen molar-refractivity contribution in [3.63, 3.8) is 0 Å². The van der Waals surface area contributed by atoms with Crippen LogP contribution in [0.2, 0.25) is 0 Å². The molecule has 2 N–H and O–H groups in total. The normalized spacial score (nSPS) is 11.6. The van der Waals surface area contributed by atoms with Gasteiger partial charge >= 0.3 is 0 Å². The van der Waals surface area contributed by atoms with Crippen LogP contribution < -0.4 is 5.73 Å². The first kappa shape index (κ1) is 15.0. The number of benzene rings is 1. The van der Waals surface area contributed by atoms with Crippen LogP contribution in [0.1, 0.15) is 25.2 Å². The Labute approximate surface area is 119 Å². The highest BCUT2D eigenvalue weighted by molar-refractivity contribution is 5.82. The molecule has 1 aromatic heterocycles. The highest BCUT2D eigenvalue weighted by Gasteiger charge is 2.12. The largest absolute Gasteiger partial charge is 0.458 e. The van der Waals surface area contributed by atoms with Crippen LogP contribution in [0.25, 0.3) is 11.0 Å². The Morgan fingerprint density at radius 1 is 1.15 bits per heavy atom. The summed E-state index contributed by atoms with van der Waals surface area (Å²) in [6.07, 6.45) is 0. The van der Waals surface area contributed by atoms with Gasteiger partial charge in [-0.25, -0.2) is 0 Å². The summed E-state index contributed by atoms with van der Waals surface area (Å²) in [6.45, 7) is 7.09. The molecule has 0 saturated heterocycles. The van der Waals surface area contributed by atoms with Gasteiger partial charge in [-0.3, -0.25) is 0 Å². The minimum Gasteiger partial charge on any atom is -0.458 e. The van der Waals surface area contributed by atoms with E-state index in [9.17, 15) is 0 Å². The number of para-hydroxylation sites is 1. The van der Waals surface area contributed by atoms with E-state index in [1.165, 1.54) is 0 Å². The zero-order valence-corrected chi connectivity index (χ0v) is 12.2.